The van der Waals surface area contributed by atoms with E-state index in [1.807, 2.05) is 60.7 Å². The number of hydrogen-bond acceptors (Lipinski definition) is 4. The lowest BCUT2D eigenvalue weighted by Gasteiger charge is -2.18. The highest BCUT2D eigenvalue weighted by molar-refractivity contribution is 7.62. The van der Waals surface area contributed by atoms with Gasteiger partial charge in [-0.2, -0.15) is 0 Å². The summed E-state index contributed by atoms with van der Waals surface area (Å²) >= 11 is 6.06. The third kappa shape index (κ3) is 4.79. The number of carbonyl (C=O) groups is 1. The number of rotatable bonds is 9. The molecular weight excluding hydrogens is 469 g/mol. The minimum absolute atomic E-state index is 0.186. The van der Waals surface area contributed by atoms with Gasteiger partial charge in [-0.1, -0.05) is 72.3 Å². The molecule has 1 aromatic heterocycles. The van der Waals surface area contributed by atoms with Gasteiger partial charge >= 0.3 is 7.60 Å². The Bertz CT molecular complexity index is 1310. The molecule has 0 atom stereocenters. The Balaban J connectivity index is 2.08. The van der Waals surface area contributed by atoms with Crippen molar-refractivity contribution in [3.8, 4) is 22.4 Å². The molecular formula is C27H25ClNO4P. The molecule has 1 heterocycles. The predicted molar refractivity (Wildman–Crippen MR) is 137 cm³/mol. The summed E-state index contributed by atoms with van der Waals surface area (Å²) in [6.07, 6.45) is 0. The maximum Gasteiger partial charge on any atom is 0.378 e. The Morgan fingerprint density at radius 3 is 1.88 bits per heavy atom. The highest BCUT2D eigenvalue weighted by Crippen LogP contribution is 2.51. The molecule has 7 heteroatoms. The van der Waals surface area contributed by atoms with E-state index >= 15 is 0 Å². The number of hydrogen-bond donors (Lipinski definition) is 1. The Morgan fingerprint density at radius 1 is 0.824 bits per heavy atom. The SMILES string of the molecule is CCOP(=O)(OCC)c1[nH]c(-c2ccccc2)c(C(=O)c2ccc(Cl)cc2)c1-c1ccccc1. The van der Waals surface area contributed by atoms with Crippen LogP contribution in [0, 0.1) is 0 Å². The monoisotopic (exact) mass is 493 g/mol. The van der Waals surface area contributed by atoms with E-state index in [-0.39, 0.29) is 24.4 Å². The van der Waals surface area contributed by atoms with Gasteiger partial charge in [0.1, 0.15) is 5.44 Å². The van der Waals surface area contributed by atoms with Gasteiger partial charge in [0.15, 0.2) is 5.78 Å². The molecule has 4 aromatic rings. The number of aromatic amines is 1. The van der Waals surface area contributed by atoms with E-state index < -0.39 is 7.60 Å². The van der Waals surface area contributed by atoms with Crippen LogP contribution in [-0.4, -0.2) is 24.0 Å². The Labute approximate surface area is 204 Å². The van der Waals surface area contributed by atoms with Crippen molar-refractivity contribution in [2.75, 3.05) is 13.2 Å². The summed E-state index contributed by atoms with van der Waals surface area (Å²) in [5, 5.41) is 0.537. The topological polar surface area (TPSA) is 68.4 Å². The molecule has 0 fully saturated rings. The summed E-state index contributed by atoms with van der Waals surface area (Å²) in [7, 11) is -3.77. The Morgan fingerprint density at radius 2 is 1.35 bits per heavy atom. The van der Waals surface area contributed by atoms with Crippen LogP contribution < -0.4 is 5.44 Å². The highest BCUT2D eigenvalue weighted by atomic mass is 35.5. The molecule has 1 N–H and O–H groups in total. The van der Waals surface area contributed by atoms with Crippen LogP contribution in [0.15, 0.2) is 84.9 Å². The molecule has 5 nitrogen and oxygen atoms in total. The smallest absolute Gasteiger partial charge is 0.347 e. The molecule has 174 valence electrons. The van der Waals surface area contributed by atoms with E-state index in [4.69, 9.17) is 20.6 Å². The van der Waals surface area contributed by atoms with Crippen LogP contribution >= 0.6 is 19.2 Å². The summed E-state index contributed by atoms with van der Waals surface area (Å²) in [6, 6.07) is 25.6. The zero-order valence-electron chi connectivity index (χ0n) is 19.0. The number of halogens is 1. The average molecular weight is 494 g/mol. The molecule has 0 aliphatic carbocycles. The van der Waals surface area contributed by atoms with E-state index in [1.165, 1.54) is 0 Å². The van der Waals surface area contributed by atoms with E-state index in [2.05, 4.69) is 4.98 Å². The molecule has 0 spiro atoms. The number of aromatic nitrogens is 1. The standard InChI is InChI=1S/C27H25ClNO4P/c1-3-32-34(31,33-4-2)27-23(19-11-7-5-8-12-19)24(25(29-27)20-13-9-6-10-14-20)26(30)21-15-17-22(28)18-16-21/h5-18,29H,3-4H2,1-2H3. The third-order valence-electron chi connectivity index (χ3n) is 5.31. The van der Waals surface area contributed by atoms with Crippen molar-refractivity contribution in [2.24, 2.45) is 0 Å². The van der Waals surface area contributed by atoms with Crippen LogP contribution in [0.2, 0.25) is 5.02 Å². The molecule has 0 aliphatic rings. The highest BCUT2D eigenvalue weighted by Gasteiger charge is 2.37. The molecule has 0 radical (unpaired) electrons. The largest absolute Gasteiger partial charge is 0.378 e. The van der Waals surface area contributed by atoms with Gasteiger partial charge < -0.3 is 14.0 Å². The van der Waals surface area contributed by atoms with Gasteiger partial charge in [-0.15, -0.1) is 0 Å². The number of ketones is 1. The van der Waals surface area contributed by atoms with Crippen molar-refractivity contribution in [3.63, 3.8) is 0 Å². The van der Waals surface area contributed by atoms with Crippen LogP contribution in [0.5, 0.6) is 0 Å². The molecule has 4 rings (SSSR count). The summed E-state index contributed by atoms with van der Waals surface area (Å²) in [5.41, 5.74) is 3.69. The maximum absolute atomic E-state index is 14.0. The predicted octanol–water partition coefficient (Wildman–Crippen LogP) is 7.12. The zero-order valence-corrected chi connectivity index (χ0v) is 20.6. The summed E-state index contributed by atoms with van der Waals surface area (Å²) in [6.45, 7) is 3.89. The van der Waals surface area contributed by atoms with Crippen molar-refractivity contribution in [1.29, 1.82) is 0 Å². The second-order valence-electron chi connectivity index (χ2n) is 7.50. The van der Waals surface area contributed by atoms with E-state index in [1.54, 1.807) is 38.1 Å². The van der Waals surface area contributed by atoms with Crippen LogP contribution in [-0.2, 0) is 13.6 Å². The fraction of sp³-hybridized carbons (Fsp3) is 0.148. The minimum Gasteiger partial charge on any atom is -0.347 e. The van der Waals surface area contributed by atoms with Crippen molar-refractivity contribution >= 4 is 30.4 Å². The van der Waals surface area contributed by atoms with Gasteiger partial charge in [-0.3, -0.25) is 9.36 Å². The van der Waals surface area contributed by atoms with Crippen molar-refractivity contribution in [3.05, 3.63) is 101 Å². The van der Waals surface area contributed by atoms with Crippen LogP contribution in [0.3, 0.4) is 0 Å². The number of H-pyrrole nitrogens is 1. The van der Waals surface area contributed by atoms with Gasteiger partial charge in [0.25, 0.3) is 0 Å². The molecule has 0 saturated carbocycles. The first-order chi connectivity index (χ1) is 16.5. The van der Waals surface area contributed by atoms with Gasteiger partial charge in [0, 0.05) is 16.1 Å². The maximum atomic E-state index is 14.0. The van der Waals surface area contributed by atoms with Crippen molar-refractivity contribution < 1.29 is 18.4 Å². The summed E-state index contributed by atoms with van der Waals surface area (Å²) in [4.78, 5) is 17.2. The van der Waals surface area contributed by atoms with Crippen LogP contribution in [0.4, 0.5) is 0 Å². The molecule has 0 saturated heterocycles. The lowest BCUT2D eigenvalue weighted by Crippen LogP contribution is -2.15. The molecule has 34 heavy (non-hydrogen) atoms. The fourth-order valence-electron chi connectivity index (χ4n) is 3.88. The zero-order chi connectivity index (χ0) is 24.1. The normalized spacial score (nSPS) is 11.5. The second-order valence-corrected chi connectivity index (χ2v) is 9.89. The molecule has 3 aromatic carbocycles. The molecule has 0 bridgehead atoms. The van der Waals surface area contributed by atoms with E-state index in [9.17, 15) is 9.36 Å². The van der Waals surface area contributed by atoms with E-state index in [0.717, 1.165) is 11.1 Å². The fourth-order valence-corrected chi connectivity index (χ4v) is 5.78. The average Bonchev–Trinajstić information content (AvgIpc) is 3.27. The third-order valence-corrected chi connectivity index (χ3v) is 7.64. The Hall–Kier alpha value is -2.95. The molecule has 0 unspecified atom stereocenters. The number of carbonyl (C=O) groups excluding carboxylic acids is 1. The first-order valence-electron chi connectivity index (χ1n) is 11.0. The quantitative estimate of drug-likeness (QED) is 0.199. The lowest BCUT2D eigenvalue weighted by atomic mass is 9.93. The number of benzene rings is 3. The van der Waals surface area contributed by atoms with Gasteiger partial charge in [0.05, 0.1) is 24.5 Å². The van der Waals surface area contributed by atoms with Gasteiger partial charge in [-0.05, 0) is 49.2 Å². The van der Waals surface area contributed by atoms with Crippen LogP contribution in [0.1, 0.15) is 29.8 Å². The van der Waals surface area contributed by atoms with Crippen molar-refractivity contribution in [2.45, 2.75) is 13.8 Å². The van der Waals surface area contributed by atoms with E-state index in [0.29, 0.717) is 27.4 Å². The second kappa shape index (κ2) is 10.5. The summed E-state index contributed by atoms with van der Waals surface area (Å²) < 4.78 is 25.4. The molecule has 0 amide bonds. The first kappa shape index (κ1) is 24.2. The lowest BCUT2D eigenvalue weighted by molar-refractivity contribution is 0.104. The van der Waals surface area contributed by atoms with Crippen LogP contribution in [0.25, 0.3) is 22.4 Å². The minimum atomic E-state index is -3.77. The Kier molecular flexibility index (Phi) is 7.50. The van der Waals surface area contributed by atoms with Crippen molar-refractivity contribution in [1.82, 2.24) is 4.98 Å². The first-order valence-corrected chi connectivity index (χ1v) is 13.0. The van der Waals surface area contributed by atoms with Gasteiger partial charge in [-0.25, -0.2) is 0 Å². The molecule has 0 aliphatic heterocycles. The van der Waals surface area contributed by atoms with Gasteiger partial charge in [0.2, 0.25) is 0 Å². The number of nitrogens with one attached hydrogen (secondary N) is 1. The summed E-state index contributed by atoms with van der Waals surface area (Å²) in [5.74, 6) is -0.226.